The predicted molar refractivity (Wildman–Crippen MR) is 77.1 cm³/mol. The van der Waals surface area contributed by atoms with Gasteiger partial charge in [-0.2, -0.15) is 0 Å². The first-order valence-corrected chi connectivity index (χ1v) is 6.66. The standard InChI is InChI=1S/C17H14O4/c1-20-8-9-21-11-6-7-14-15(10-11)17(19)13-5-3-2-4-12(13)16(14)18/h2-7,10H,8-9H2,1H3. The molecule has 4 nitrogen and oxygen atoms in total. The molecule has 3 rings (SSSR count). The summed E-state index contributed by atoms with van der Waals surface area (Å²) in [6.45, 7) is 0.862. The second-order valence-corrected chi connectivity index (χ2v) is 4.75. The number of ketones is 2. The van der Waals surface area contributed by atoms with E-state index in [1.807, 2.05) is 0 Å². The van der Waals surface area contributed by atoms with E-state index in [1.165, 1.54) is 0 Å². The van der Waals surface area contributed by atoms with Crippen molar-refractivity contribution < 1.29 is 19.1 Å². The van der Waals surface area contributed by atoms with Crippen LogP contribution in [0.25, 0.3) is 0 Å². The molecular formula is C17H14O4. The van der Waals surface area contributed by atoms with E-state index >= 15 is 0 Å². The van der Waals surface area contributed by atoms with Crippen LogP contribution in [0.1, 0.15) is 31.8 Å². The lowest BCUT2D eigenvalue weighted by molar-refractivity contribution is 0.0978. The van der Waals surface area contributed by atoms with Crippen LogP contribution in [0, 0.1) is 0 Å². The molecule has 0 bridgehead atoms. The molecule has 0 fully saturated rings. The van der Waals surface area contributed by atoms with Gasteiger partial charge in [0.2, 0.25) is 0 Å². The number of fused-ring (bicyclic) bond motifs is 2. The van der Waals surface area contributed by atoms with Crippen molar-refractivity contribution >= 4 is 11.6 Å². The Labute approximate surface area is 122 Å². The molecule has 0 aromatic heterocycles. The molecule has 2 aromatic carbocycles. The van der Waals surface area contributed by atoms with Gasteiger partial charge in [-0.1, -0.05) is 24.3 Å². The van der Waals surface area contributed by atoms with Crippen molar-refractivity contribution in [2.24, 2.45) is 0 Å². The molecule has 2 aromatic rings. The molecule has 0 radical (unpaired) electrons. The van der Waals surface area contributed by atoms with Gasteiger partial charge in [-0.3, -0.25) is 9.59 Å². The van der Waals surface area contributed by atoms with Gasteiger partial charge in [-0.05, 0) is 18.2 Å². The zero-order valence-electron chi connectivity index (χ0n) is 11.6. The third-order valence-electron chi connectivity index (χ3n) is 3.45. The van der Waals surface area contributed by atoms with E-state index in [4.69, 9.17) is 9.47 Å². The van der Waals surface area contributed by atoms with Crippen LogP contribution in [0.5, 0.6) is 5.75 Å². The summed E-state index contributed by atoms with van der Waals surface area (Å²) in [6.07, 6.45) is 0. The zero-order valence-corrected chi connectivity index (χ0v) is 11.6. The Bertz CT molecular complexity index is 718. The minimum atomic E-state index is -0.141. The van der Waals surface area contributed by atoms with E-state index in [0.29, 0.717) is 41.2 Å². The van der Waals surface area contributed by atoms with Crippen LogP contribution in [0.15, 0.2) is 42.5 Å². The number of carbonyl (C=O) groups excluding carboxylic acids is 2. The van der Waals surface area contributed by atoms with Crippen LogP contribution in [0.4, 0.5) is 0 Å². The van der Waals surface area contributed by atoms with Gasteiger partial charge < -0.3 is 9.47 Å². The molecule has 4 heteroatoms. The molecular weight excluding hydrogens is 268 g/mol. The Balaban J connectivity index is 1.99. The zero-order chi connectivity index (χ0) is 14.8. The molecule has 0 N–H and O–H groups in total. The molecule has 0 spiro atoms. The number of rotatable bonds is 4. The summed E-state index contributed by atoms with van der Waals surface area (Å²) in [7, 11) is 1.59. The summed E-state index contributed by atoms with van der Waals surface area (Å²) in [5.41, 5.74) is 1.73. The smallest absolute Gasteiger partial charge is 0.194 e. The number of hydrogen-bond acceptors (Lipinski definition) is 4. The van der Waals surface area contributed by atoms with E-state index in [9.17, 15) is 9.59 Å². The first-order chi connectivity index (χ1) is 10.2. The first kappa shape index (κ1) is 13.5. The highest BCUT2D eigenvalue weighted by Gasteiger charge is 2.29. The summed E-state index contributed by atoms with van der Waals surface area (Å²) in [5.74, 6) is 0.298. The normalized spacial score (nSPS) is 12.8. The average Bonchev–Trinajstić information content (AvgIpc) is 2.53. The van der Waals surface area contributed by atoms with Gasteiger partial charge in [-0.25, -0.2) is 0 Å². The van der Waals surface area contributed by atoms with Gasteiger partial charge in [0.1, 0.15) is 12.4 Å². The van der Waals surface area contributed by atoms with Crippen molar-refractivity contribution in [1.29, 1.82) is 0 Å². The Hall–Kier alpha value is -2.46. The monoisotopic (exact) mass is 282 g/mol. The van der Waals surface area contributed by atoms with E-state index < -0.39 is 0 Å². The maximum Gasteiger partial charge on any atom is 0.194 e. The number of carbonyl (C=O) groups is 2. The van der Waals surface area contributed by atoms with Gasteiger partial charge in [0.15, 0.2) is 11.6 Å². The van der Waals surface area contributed by atoms with Crippen LogP contribution < -0.4 is 4.74 Å². The summed E-state index contributed by atoms with van der Waals surface area (Å²) in [5, 5.41) is 0. The van der Waals surface area contributed by atoms with Gasteiger partial charge >= 0.3 is 0 Å². The molecule has 21 heavy (non-hydrogen) atoms. The second kappa shape index (κ2) is 5.50. The fraction of sp³-hybridized carbons (Fsp3) is 0.176. The van der Waals surface area contributed by atoms with Crippen molar-refractivity contribution in [3.8, 4) is 5.75 Å². The Kier molecular flexibility index (Phi) is 3.54. The van der Waals surface area contributed by atoms with Crippen molar-refractivity contribution in [2.75, 3.05) is 20.3 Å². The molecule has 1 aliphatic rings. The lowest BCUT2D eigenvalue weighted by Gasteiger charge is -2.18. The largest absolute Gasteiger partial charge is 0.491 e. The van der Waals surface area contributed by atoms with Crippen molar-refractivity contribution in [3.63, 3.8) is 0 Å². The first-order valence-electron chi connectivity index (χ1n) is 6.66. The van der Waals surface area contributed by atoms with Crippen molar-refractivity contribution in [1.82, 2.24) is 0 Å². The van der Waals surface area contributed by atoms with E-state index in [1.54, 1.807) is 49.6 Å². The lowest BCUT2D eigenvalue weighted by Crippen LogP contribution is -2.20. The summed E-state index contributed by atoms with van der Waals surface area (Å²) in [4.78, 5) is 24.9. The van der Waals surface area contributed by atoms with Gasteiger partial charge in [0.25, 0.3) is 0 Å². The summed E-state index contributed by atoms with van der Waals surface area (Å²) < 4.78 is 10.4. The Morgan fingerprint density at radius 2 is 1.43 bits per heavy atom. The van der Waals surface area contributed by atoms with Gasteiger partial charge in [0, 0.05) is 29.4 Å². The second-order valence-electron chi connectivity index (χ2n) is 4.75. The van der Waals surface area contributed by atoms with Crippen LogP contribution in [0.3, 0.4) is 0 Å². The average molecular weight is 282 g/mol. The predicted octanol–water partition coefficient (Wildman–Crippen LogP) is 2.49. The number of benzene rings is 2. The number of ether oxygens (including phenoxy) is 2. The van der Waals surface area contributed by atoms with Gasteiger partial charge in [0.05, 0.1) is 6.61 Å². The third kappa shape index (κ3) is 2.34. The summed E-state index contributed by atoms with van der Waals surface area (Å²) in [6, 6.07) is 11.9. The fourth-order valence-corrected chi connectivity index (χ4v) is 2.41. The lowest BCUT2D eigenvalue weighted by atomic mass is 9.84. The topological polar surface area (TPSA) is 52.6 Å². The van der Waals surface area contributed by atoms with E-state index in [0.717, 1.165) is 0 Å². The summed E-state index contributed by atoms with van der Waals surface area (Å²) >= 11 is 0. The molecule has 0 saturated carbocycles. The maximum atomic E-state index is 12.5. The quantitative estimate of drug-likeness (QED) is 0.690. The van der Waals surface area contributed by atoms with Crippen LogP contribution in [-0.2, 0) is 4.74 Å². The van der Waals surface area contributed by atoms with Crippen molar-refractivity contribution in [3.05, 3.63) is 64.7 Å². The van der Waals surface area contributed by atoms with E-state index in [-0.39, 0.29) is 11.6 Å². The number of methoxy groups -OCH3 is 1. The minimum absolute atomic E-state index is 0.122. The molecule has 0 saturated heterocycles. The highest BCUT2D eigenvalue weighted by molar-refractivity contribution is 6.28. The van der Waals surface area contributed by atoms with E-state index in [2.05, 4.69) is 0 Å². The van der Waals surface area contributed by atoms with Crippen LogP contribution in [-0.4, -0.2) is 31.9 Å². The highest BCUT2D eigenvalue weighted by atomic mass is 16.5. The minimum Gasteiger partial charge on any atom is -0.491 e. The molecule has 0 aliphatic heterocycles. The Morgan fingerprint density at radius 1 is 0.810 bits per heavy atom. The molecule has 0 unspecified atom stereocenters. The van der Waals surface area contributed by atoms with Crippen LogP contribution >= 0.6 is 0 Å². The van der Waals surface area contributed by atoms with Crippen LogP contribution in [0.2, 0.25) is 0 Å². The van der Waals surface area contributed by atoms with Gasteiger partial charge in [-0.15, -0.1) is 0 Å². The fourth-order valence-electron chi connectivity index (χ4n) is 2.41. The molecule has 0 heterocycles. The third-order valence-corrected chi connectivity index (χ3v) is 3.45. The Morgan fingerprint density at radius 3 is 2.10 bits per heavy atom. The highest BCUT2D eigenvalue weighted by Crippen LogP contribution is 2.29. The molecule has 1 aliphatic carbocycles. The maximum absolute atomic E-state index is 12.5. The van der Waals surface area contributed by atoms with Crippen molar-refractivity contribution in [2.45, 2.75) is 0 Å². The molecule has 0 amide bonds. The SMILES string of the molecule is COCCOc1ccc2c(c1)C(=O)c1ccccc1C2=O. The number of hydrogen-bond donors (Lipinski definition) is 0. The molecule has 106 valence electrons. The molecule has 0 atom stereocenters.